The van der Waals surface area contributed by atoms with Crippen molar-refractivity contribution in [2.24, 2.45) is 0 Å². The van der Waals surface area contributed by atoms with E-state index in [2.05, 4.69) is 31.2 Å². The fraction of sp³-hybridized carbons (Fsp3) is 0.286. The summed E-state index contributed by atoms with van der Waals surface area (Å²) >= 11 is 9.01. The highest BCUT2D eigenvalue weighted by molar-refractivity contribution is 9.10. The van der Waals surface area contributed by atoms with Gasteiger partial charge in [0.2, 0.25) is 5.88 Å². The van der Waals surface area contributed by atoms with Gasteiger partial charge in [-0.15, -0.1) is 0 Å². The van der Waals surface area contributed by atoms with Crippen molar-refractivity contribution in [2.75, 3.05) is 11.9 Å². The van der Waals surface area contributed by atoms with Crippen LogP contribution in [0.15, 0.2) is 16.6 Å². The van der Waals surface area contributed by atoms with Gasteiger partial charge in [-0.2, -0.15) is 4.98 Å². The van der Waals surface area contributed by atoms with Gasteiger partial charge in [0.1, 0.15) is 23.2 Å². The van der Waals surface area contributed by atoms with Gasteiger partial charge in [0, 0.05) is 12.6 Å². The highest BCUT2D eigenvalue weighted by Crippen LogP contribution is 2.35. The smallest absolute Gasteiger partial charge is 0.227 e. The zero-order valence-electron chi connectivity index (χ0n) is 11.8. The number of ether oxygens (including phenoxy) is 1. The molecule has 112 valence electrons. The van der Waals surface area contributed by atoms with Gasteiger partial charge < -0.3 is 10.1 Å². The Hall–Kier alpha value is -1.40. The molecule has 1 heterocycles. The maximum absolute atomic E-state index is 13.6. The van der Waals surface area contributed by atoms with E-state index in [1.54, 1.807) is 6.92 Å². The predicted octanol–water partition coefficient (Wildman–Crippen LogP) is 4.87. The van der Waals surface area contributed by atoms with Gasteiger partial charge in [0.05, 0.1) is 15.1 Å². The van der Waals surface area contributed by atoms with E-state index in [4.69, 9.17) is 16.3 Å². The first-order valence-electron chi connectivity index (χ1n) is 6.33. The van der Waals surface area contributed by atoms with Crippen LogP contribution < -0.4 is 10.1 Å². The summed E-state index contributed by atoms with van der Waals surface area (Å²) in [5.41, 5.74) is 0.754. The van der Waals surface area contributed by atoms with Crippen LogP contribution in [0.4, 0.5) is 10.2 Å². The minimum atomic E-state index is -0.551. The molecule has 0 radical (unpaired) electrons. The molecule has 2 rings (SSSR count). The van der Waals surface area contributed by atoms with Crippen molar-refractivity contribution in [1.29, 1.82) is 0 Å². The number of halogens is 3. The summed E-state index contributed by atoms with van der Waals surface area (Å²) in [6, 6.07) is 2.66. The lowest BCUT2D eigenvalue weighted by Crippen LogP contribution is -2.06. The Morgan fingerprint density at radius 3 is 2.71 bits per heavy atom. The van der Waals surface area contributed by atoms with Crippen LogP contribution in [0, 0.1) is 19.7 Å². The molecular weight excluding hydrogens is 361 g/mol. The number of aromatic nitrogens is 2. The molecule has 0 atom stereocenters. The maximum Gasteiger partial charge on any atom is 0.227 e. The molecule has 0 amide bonds. The Morgan fingerprint density at radius 1 is 1.33 bits per heavy atom. The van der Waals surface area contributed by atoms with E-state index in [0.29, 0.717) is 27.7 Å². The van der Waals surface area contributed by atoms with E-state index in [9.17, 15) is 4.39 Å². The molecule has 1 aromatic carbocycles. The van der Waals surface area contributed by atoms with Crippen molar-refractivity contribution in [3.63, 3.8) is 0 Å². The predicted molar refractivity (Wildman–Crippen MR) is 84.9 cm³/mol. The number of rotatable bonds is 4. The number of hydrogen-bond acceptors (Lipinski definition) is 4. The van der Waals surface area contributed by atoms with Gasteiger partial charge in [-0.3, -0.25) is 0 Å². The van der Waals surface area contributed by atoms with Gasteiger partial charge in [-0.25, -0.2) is 9.37 Å². The monoisotopic (exact) mass is 373 g/mol. The molecule has 0 aliphatic carbocycles. The highest BCUT2D eigenvalue weighted by atomic mass is 79.9. The zero-order chi connectivity index (χ0) is 15.6. The molecule has 2 aromatic rings. The fourth-order valence-corrected chi connectivity index (χ4v) is 2.45. The molecule has 4 nitrogen and oxygen atoms in total. The van der Waals surface area contributed by atoms with E-state index in [1.807, 2.05) is 13.8 Å². The van der Waals surface area contributed by atoms with Crippen LogP contribution in [-0.4, -0.2) is 16.5 Å². The van der Waals surface area contributed by atoms with Crippen LogP contribution >= 0.6 is 27.5 Å². The summed E-state index contributed by atoms with van der Waals surface area (Å²) in [6.07, 6.45) is 0. The van der Waals surface area contributed by atoms with Gasteiger partial charge >= 0.3 is 0 Å². The van der Waals surface area contributed by atoms with Crippen LogP contribution in [0.25, 0.3) is 0 Å². The first kappa shape index (κ1) is 16.0. The normalized spacial score (nSPS) is 10.6. The lowest BCUT2D eigenvalue weighted by Gasteiger charge is -2.13. The van der Waals surface area contributed by atoms with E-state index in [1.165, 1.54) is 12.1 Å². The second-order valence-electron chi connectivity index (χ2n) is 4.38. The van der Waals surface area contributed by atoms with E-state index in [0.717, 1.165) is 12.1 Å². The second kappa shape index (κ2) is 6.58. The number of nitrogens with zero attached hydrogens (tertiary/aromatic N) is 2. The molecule has 0 bridgehead atoms. The molecule has 0 unspecified atom stereocenters. The maximum atomic E-state index is 13.6. The molecule has 0 spiro atoms. The Bertz CT molecular complexity index is 682. The van der Waals surface area contributed by atoms with Crippen molar-refractivity contribution < 1.29 is 9.13 Å². The van der Waals surface area contributed by atoms with Crippen molar-refractivity contribution in [3.05, 3.63) is 38.8 Å². The standard InChI is InChI=1S/C14H14BrClFN3O/c1-4-18-13-7(2)14(20-8(3)19-13)21-12-6-11(17)10(16)5-9(12)15/h5-6H,4H2,1-3H3,(H,18,19,20). The lowest BCUT2D eigenvalue weighted by molar-refractivity contribution is 0.449. The summed E-state index contributed by atoms with van der Waals surface area (Å²) in [5.74, 6) is 1.40. The Labute approximate surface area is 135 Å². The zero-order valence-corrected chi connectivity index (χ0v) is 14.1. The minimum Gasteiger partial charge on any atom is -0.437 e. The van der Waals surface area contributed by atoms with Gasteiger partial charge in [-0.1, -0.05) is 11.6 Å². The van der Waals surface area contributed by atoms with Crippen LogP contribution in [0.3, 0.4) is 0 Å². The average Bonchev–Trinajstić information content (AvgIpc) is 2.41. The SMILES string of the molecule is CCNc1nc(C)nc(Oc2cc(F)c(Cl)cc2Br)c1C. The second-order valence-corrected chi connectivity index (χ2v) is 5.64. The summed E-state index contributed by atoms with van der Waals surface area (Å²) in [7, 11) is 0. The molecule has 0 fully saturated rings. The van der Waals surface area contributed by atoms with Crippen LogP contribution in [-0.2, 0) is 0 Å². The third-order valence-electron chi connectivity index (χ3n) is 2.74. The molecule has 7 heteroatoms. The summed E-state index contributed by atoms with van der Waals surface area (Å²) < 4.78 is 19.8. The van der Waals surface area contributed by atoms with Gasteiger partial charge in [0.25, 0.3) is 0 Å². The molecule has 0 saturated heterocycles. The molecule has 0 saturated carbocycles. The van der Waals surface area contributed by atoms with Crippen molar-refractivity contribution in [3.8, 4) is 11.6 Å². The van der Waals surface area contributed by atoms with Crippen LogP contribution in [0.2, 0.25) is 5.02 Å². The summed E-state index contributed by atoms with van der Waals surface area (Å²) in [6.45, 7) is 6.32. The van der Waals surface area contributed by atoms with Gasteiger partial charge in [-0.05, 0) is 42.8 Å². The average molecular weight is 375 g/mol. The Balaban J connectivity index is 2.42. The number of benzene rings is 1. The van der Waals surface area contributed by atoms with Crippen molar-refractivity contribution in [1.82, 2.24) is 9.97 Å². The van der Waals surface area contributed by atoms with Crippen molar-refractivity contribution >= 4 is 33.3 Å². The molecule has 0 aliphatic rings. The quantitative estimate of drug-likeness (QED) is 0.775. The third kappa shape index (κ3) is 3.63. The number of anilines is 1. The molecule has 21 heavy (non-hydrogen) atoms. The topological polar surface area (TPSA) is 47.0 Å². The first-order valence-corrected chi connectivity index (χ1v) is 7.51. The minimum absolute atomic E-state index is 0.0261. The van der Waals surface area contributed by atoms with Crippen molar-refractivity contribution in [2.45, 2.75) is 20.8 Å². The summed E-state index contributed by atoms with van der Waals surface area (Å²) in [4.78, 5) is 8.56. The molecule has 0 aliphatic heterocycles. The molecular formula is C14H14BrClFN3O. The van der Waals surface area contributed by atoms with E-state index < -0.39 is 5.82 Å². The third-order valence-corrected chi connectivity index (χ3v) is 3.65. The lowest BCUT2D eigenvalue weighted by atomic mass is 10.3. The highest BCUT2D eigenvalue weighted by Gasteiger charge is 2.14. The molecule has 1 aromatic heterocycles. The fourth-order valence-electron chi connectivity index (χ4n) is 1.73. The Morgan fingerprint density at radius 2 is 2.05 bits per heavy atom. The number of hydrogen-bond donors (Lipinski definition) is 1. The van der Waals surface area contributed by atoms with Crippen LogP contribution in [0.1, 0.15) is 18.3 Å². The molecule has 1 N–H and O–H groups in total. The number of nitrogens with one attached hydrogen (secondary N) is 1. The number of aryl methyl sites for hydroxylation is 1. The van der Waals surface area contributed by atoms with Crippen LogP contribution in [0.5, 0.6) is 11.6 Å². The van der Waals surface area contributed by atoms with Gasteiger partial charge in [0.15, 0.2) is 0 Å². The first-order chi connectivity index (χ1) is 9.92. The Kier molecular flexibility index (Phi) is 5.00. The van der Waals surface area contributed by atoms with E-state index in [-0.39, 0.29) is 5.02 Å². The largest absolute Gasteiger partial charge is 0.437 e. The van der Waals surface area contributed by atoms with E-state index >= 15 is 0 Å². The summed E-state index contributed by atoms with van der Waals surface area (Å²) in [5, 5.41) is 3.17.